The average molecular weight is 408 g/mol. The van der Waals surface area contributed by atoms with Crippen LogP contribution < -0.4 is 10.6 Å². The second kappa shape index (κ2) is 8.03. The molecule has 29 heavy (non-hydrogen) atoms. The first-order chi connectivity index (χ1) is 13.7. The van der Waals surface area contributed by atoms with Gasteiger partial charge in [-0.2, -0.15) is 18.3 Å². The van der Waals surface area contributed by atoms with Crippen LogP contribution in [0.15, 0.2) is 36.8 Å². The number of methoxy groups -OCH3 is 1. The van der Waals surface area contributed by atoms with Crippen LogP contribution in [0.3, 0.4) is 0 Å². The lowest BCUT2D eigenvalue weighted by molar-refractivity contribution is -0.141. The summed E-state index contributed by atoms with van der Waals surface area (Å²) in [6, 6.07) is 2.98. The highest BCUT2D eigenvalue weighted by molar-refractivity contribution is 6.00. The number of alkyl halides is 3. The maximum absolute atomic E-state index is 12.8. The summed E-state index contributed by atoms with van der Waals surface area (Å²) >= 11 is 0. The Bertz CT molecular complexity index is 1020. The van der Waals surface area contributed by atoms with Gasteiger partial charge in [-0.15, -0.1) is 0 Å². The Kier molecular flexibility index (Phi) is 5.69. The third-order valence-corrected chi connectivity index (χ3v) is 4.14. The van der Waals surface area contributed by atoms with E-state index in [2.05, 4.69) is 25.7 Å². The number of hydrogen-bond donors (Lipinski definition) is 2. The summed E-state index contributed by atoms with van der Waals surface area (Å²) in [7, 11) is 1.54. The second-order valence-electron chi connectivity index (χ2n) is 6.57. The number of urea groups is 1. The molecule has 3 aromatic rings. The normalized spacial score (nSPS) is 12.9. The number of ether oxygens (including phenoxy) is 1. The molecule has 11 heteroatoms. The Morgan fingerprint density at radius 3 is 2.59 bits per heavy atom. The molecule has 2 N–H and O–H groups in total. The molecule has 0 spiro atoms. The zero-order valence-corrected chi connectivity index (χ0v) is 15.9. The van der Waals surface area contributed by atoms with E-state index in [9.17, 15) is 18.0 Å². The lowest BCUT2D eigenvalue weighted by Gasteiger charge is -2.23. The van der Waals surface area contributed by atoms with Crippen molar-refractivity contribution in [2.24, 2.45) is 5.92 Å². The Morgan fingerprint density at radius 1 is 1.17 bits per heavy atom. The predicted octanol–water partition coefficient (Wildman–Crippen LogP) is 4.13. The molecule has 3 heterocycles. The fourth-order valence-electron chi connectivity index (χ4n) is 2.91. The number of carbonyl (C=O) groups excluding carboxylic acids is 1. The van der Waals surface area contributed by atoms with E-state index in [1.807, 2.05) is 13.8 Å². The highest BCUT2D eigenvalue weighted by atomic mass is 19.4. The van der Waals surface area contributed by atoms with E-state index in [4.69, 9.17) is 4.74 Å². The SMILES string of the molecule is COC(c1c(NC(=O)Nc2ccnc(C(F)(F)F)c2)cnc2ccnn12)C(C)C. The minimum Gasteiger partial charge on any atom is -0.375 e. The fraction of sp³-hybridized carbons (Fsp3) is 0.333. The van der Waals surface area contributed by atoms with Crippen LogP contribution in [0.4, 0.5) is 29.3 Å². The van der Waals surface area contributed by atoms with Crippen LogP contribution in [0.5, 0.6) is 0 Å². The van der Waals surface area contributed by atoms with Gasteiger partial charge in [0.05, 0.1) is 23.8 Å². The van der Waals surface area contributed by atoms with E-state index in [1.165, 1.54) is 12.3 Å². The van der Waals surface area contributed by atoms with Gasteiger partial charge in [0.1, 0.15) is 11.8 Å². The summed E-state index contributed by atoms with van der Waals surface area (Å²) in [5.74, 6) is 0.0490. The number of nitrogens with zero attached hydrogens (tertiary/aromatic N) is 4. The number of amides is 2. The summed E-state index contributed by atoms with van der Waals surface area (Å²) in [4.78, 5) is 19.9. The number of carbonyl (C=O) groups is 1. The Morgan fingerprint density at radius 2 is 1.93 bits per heavy atom. The summed E-state index contributed by atoms with van der Waals surface area (Å²) in [6.07, 6.45) is -1.03. The summed E-state index contributed by atoms with van der Waals surface area (Å²) < 4.78 is 45.5. The largest absolute Gasteiger partial charge is 0.433 e. The van der Waals surface area contributed by atoms with E-state index in [0.29, 0.717) is 17.0 Å². The molecule has 0 bridgehead atoms. The predicted molar refractivity (Wildman–Crippen MR) is 99.5 cm³/mol. The number of pyridine rings is 1. The first-order valence-corrected chi connectivity index (χ1v) is 8.67. The molecule has 0 aliphatic rings. The van der Waals surface area contributed by atoms with Gasteiger partial charge in [-0.05, 0) is 18.1 Å². The van der Waals surface area contributed by atoms with Crippen LogP contribution in [0.1, 0.15) is 31.3 Å². The Hall–Kier alpha value is -3.21. The van der Waals surface area contributed by atoms with E-state index in [1.54, 1.807) is 23.9 Å². The molecule has 8 nitrogen and oxygen atoms in total. The molecule has 1 unspecified atom stereocenters. The van der Waals surface area contributed by atoms with Crippen molar-refractivity contribution in [1.82, 2.24) is 19.6 Å². The number of aromatic nitrogens is 4. The second-order valence-corrected chi connectivity index (χ2v) is 6.57. The summed E-state index contributed by atoms with van der Waals surface area (Å²) in [5, 5.41) is 9.21. The van der Waals surface area contributed by atoms with Gasteiger partial charge in [0, 0.05) is 25.1 Å². The average Bonchev–Trinajstić information content (AvgIpc) is 3.12. The third-order valence-electron chi connectivity index (χ3n) is 4.14. The van der Waals surface area contributed by atoms with Crippen molar-refractivity contribution in [3.8, 4) is 0 Å². The zero-order valence-electron chi connectivity index (χ0n) is 15.9. The van der Waals surface area contributed by atoms with Crippen LogP contribution in [0.2, 0.25) is 0 Å². The number of fused-ring (bicyclic) bond motifs is 1. The molecular formula is C18H19F3N6O2. The van der Waals surface area contributed by atoms with Crippen molar-refractivity contribution in [3.63, 3.8) is 0 Å². The molecule has 154 valence electrons. The van der Waals surface area contributed by atoms with Gasteiger partial charge in [-0.25, -0.2) is 14.3 Å². The Labute approximate surface area is 164 Å². The molecule has 0 saturated heterocycles. The van der Waals surface area contributed by atoms with Crippen molar-refractivity contribution in [2.45, 2.75) is 26.1 Å². The first-order valence-electron chi connectivity index (χ1n) is 8.67. The zero-order chi connectivity index (χ0) is 21.2. The number of anilines is 2. The summed E-state index contributed by atoms with van der Waals surface area (Å²) in [5.41, 5.74) is 0.307. The van der Waals surface area contributed by atoms with Gasteiger partial charge >= 0.3 is 12.2 Å². The minimum atomic E-state index is -4.61. The molecule has 0 aliphatic carbocycles. The molecule has 3 aromatic heterocycles. The lowest BCUT2D eigenvalue weighted by Crippen LogP contribution is -2.24. The van der Waals surface area contributed by atoms with Crippen LogP contribution >= 0.6 is 0 Å². The van der Waals surface area contributed by atoms with Crippen molar-refractivity contribution < 1.29 is 22.7 Å². The monoisotopic (exact) mass is 408 g/mol. The number of hydrogen-bond acceptors (Lipinski definition) is 5. The van der Waals surface area contributed by atoms with Crippen molar-refractivity contribution in [1.29, 1.82) is 0 Å². The fourth-order valence-corrected chi connectivity index (χ4v) is 2.91. The highest BCUT2D eigenvalue weighted by Gasteiger charge is 2.32. The molecule has 2 amide bonds. The molecular weight excluding hydrogens is 389 g/mol. The van der Waals surface area contributed by atoms with Gasteiger partial charge in [0.2, 0.25) is 0 Å². The van der Waals surface area contributed by atoms with Crippen molar-refractivity contribution >= 4 is 23.1 Å². The Balaban J connectivity index is 1.89. The van der Waals surface area contributed by atoms with Crippen molar-refractivity contribution in [3.05, 3.63) is 48.2 Å². The molecule has 0 radical (unpaired) electrons. The van der Waals surface area contributed by atoms with Gasteiger partial charge in [-0.3, -0.25) is 4.98 Å². The van der Waals surface area contributed by atoms with E-state index < -0.39 is 24.0 Å². The van der Waals surface area contributed by atoms with Crippen LogP contribution in [-0.2, 0) is 10.9 Å². The highest BCUT2D eigenvalue weighted by Crippen LogP contribution is 2.31. The molecule has 3 rings (SSSR count). The topological polar surface area (TPSA) is 93.4 Å². The quantitative estimate of drug-likeness (QED) is 0.662. The number of halogens is 3. The molecule has 0 saturated carbocycles. The smallest absolute Gasteiger partial charge is 0.375 e. The van der Waals surface area contributed by atoms with E-state index in [-0.39, 0.29) is 11.6 Å². The van der Waals surface area contributed by atoms with Crippen molar-refractivity contribution in [2.75, 3.05) is 17.7 Å². The van der Waals surface area contributed by atoms with Crippen LogP contribution in [0.25, 0.3) is 5.65 Å². The van der Waals surface area contributed by atoms with Gasteiger partial charge in [-0.1, -0.05) is 13.8 Å². The van der Waals surface area contributed by atoms with Crippen LogP contribution in [0, 0.1) is 5.92 Å². The maximum atomic E-state index is 12.8. The molecule has 0 aliphatic heterocycles. The van der Waals surface area contributed by atoms with Gasteiger partial charge in [0.25, 0.3) is 0 Å². The summed E-state index contributed by atoms with van der Waals surface area (Å²) in [6.45, 7) is 3.90. The van der Waals surface area contributed by atoms with E-state index in [0.717, 1.165) is 12.3 Å². The molecule has 1 atom stereocenters. The number of nitrogens with one attached hydrogen (secondary N) is 2. The maximum Gasteiger partial charge on any atom is 0.433 e. The standard InChI is InChI=1S/C18H19F3N6O2/c1-10(2)16(29-3)15-12(9-23-14-5-7-24-27(14)15)26-17(28)25-11-4-6-22-13(8-11)18(19,20)21/h4-10,16H,1-3H3,(H2,22,25,26,28). The molecule has 0 aromatic carbocycles. The number of rotatable bonds is 5. The van der Waals surface area contributed by atoms with Gasteiger partial charge < -0.3 is 15.4 Å². The van der Waals surface area contributed by atoms with Gasteiger partial charge in [0.15, 0.2) is 5.65 Å². The lowest BCUT2D eigenvalue weighted by atomic mass is 10.0. The third kappa shape index (κ3) is 4.45. The molecule has 0 fully saturated rings. The minimum absolute atomic E-state index is 0.0490. The van der Waals surface area contributed by atoms with Crippen LogP contribution in [-0.4, -0.2) is 32.7 Å². The van der Waals surface area contributed by atoms with E-state index >= 15 is 0 Å². The first kappa shape index (κ1) is 20.5.